The summed E-state index contributed by atoms with van der Waals surface area (Å²) in [5, 5.41) is 4.30. The van der Waals surface area contributed by atoms with Crippen LogP contribution in [0.4, 0.5) is 9.18 Å². The monoisotopic (exact) mass is 453 g/mol. The minimum atomic E-state index is -0.630. The minimum absolute atomic E-state index is 0.0819. The predicted octanol–water partition coefficient (Wildman–Crippen LogP) is 2.01. The third kappa shape index (κ3) is 4.09. The molecule has 0 aromatic heterocycles. The van der Waals surface area contributed by atoms with Crippen LogP contribution in [0.5, 0.6) is 5.75 Å². The van der Waals surface area contributed by atoms with Crippen LogP contribution in [0.15, 0.2) is 47.6 Å². The smallest absolute Gasteiger partial charge is 0.319 e. The summed E-state index contributed by atoms with van der Waals surface area (Å²) in [6.07, 6.45) is -0.287. The molecular formula is C23H24FN5O4. The first kappa shape index (κ1) is 21.2. The summed E-state index contributed by atoms with van der Waals surface area (Å²) in [6.45, 7) is 1.44. The summed E-state index contributed by atoms with van der Waals surface area (Å²) in [7, 11) is 3.37. The van der Waals surface area contributed by atoms with Crippen molar-refractivity contribution >= 4 is 17.8 Å². The molecule has 33 heavy (non-hydrogen) atoms. The molecule has 3 aliphatic heterocycles. The van der Waals surface area contributed by atoms with Crippen LogP contribution < -0.4 is 10.2 Å². The number of amides is 3. The second kappa shape index (κ2) is 8.36. The summed E-state index contributed by atoms with van der Waals surface area (Å²) in [5.74, 6) is -0.448. The predicted molar refractivity (Wildman–Crippen MR) is 117 cm³/mol. The van der Waals surface area contributed by atoms with Crippen molar-refractivity contribution in [2.24, 2.45) is 5.10 Å². The number of carbonyl (C=O) groups excluding carboxylic acids is 2. The number of carbonyl (C=O) groups is 2. The molecule has 0 spiro atoms. The summed E-state index contributed by atoms with van der Waals surface area (Å²) >= 11 is 0. The molecule has 172 valence electrons. The number of nitrogens with zero attached hydrogens (tertiary/aromatic N) is 4. The molecule has 9 nitrogen and oxygen atoms in total. The molecule has 0 saturated carbocycles. The van der Waals surface area contributed by atoms with Crippen molar-refractivity contribution in [3.8, 4) is 5.75 Å². The number of urea groups is 1. The SMILES string of the molecule is CN(C)C(=O)N1CCN(C(=O)c2cc(OC3=NNC4OC4c4ccccc43)ccc2F)CC1. The molecule has 3 amide bonds. The molecule has 1 N–H and O–H groups in total. The molecule has 3 aliphatic rings. The van der Waals surface area contributed by atoms with E-state index >= 15 is 0 Å². The number of rotatable bonds is 2. The topological polar surface area (TPSA) is 90.0 Å². The molecule has 2 saturated heterocycles. The van der Waals surface area contributed by atoms with Crippen molar-refractivity contribution in [3.63, 3.8) is 0 Å². The Balaban J connectivity index is 1.32. The Kier molecular flexibility index (Phi) is 5.37. The molecule has 0 aliphatic carbocycles. The molecule has 0 radical (unpaired) electrons. The number of nitrogens with one attached hydrogen (secondary N) is 1. The molecule has 2 unspecified atom stereocenters. The fraction of sp³-hybridized carbons (Fsp3) is 0.348. The number of ether oxygens (including phenoxy) is 2. The zero-order valence-corrected chi connectivity index (χ0v) is 18.3. The average Bonchev–Trinajstić information content (AvgIpc) is 3.62. The maximum absolute atomic E-state index is 14.6. The first-order valence-corrected chi connectivity index (χ1v) is 10.7. The number of hydrazone groups is 1. The van der Waals surface area contributed by atoms with Crippen molar-refractivity contribution in [2.45, 2.75) is 12.3 Å². The number of epoxide rings is 1. The van der Waals surface area contributed by atoms with E-state index in [9.17, 15) is 14.0 Å². The number of hydrogen-bond acceptors (Lipinski definition) is 6. The van der Waals surface area contributed by atoms with Crippen LogP contribution in [-0.2, 0) is 4.74 Å². The van der Waals surface area contributed by atoms with E-state index < -0.39 is 11.7 Å². The maximum atomic E-state index is 14.6. The minimum Gasteiger partial charge on any atom is -0.437 e. The van der Waals surface area contributed by atoms with E-state index in [-0.39, 0.29) is 23.9 Å². The van der Waals surface area contributed by atoms with E-state index in [2.05, 4.69) is 10.5 Å². The van der Waals surface area contributed by atoms with Gasteiger partial charge in [-0.2, -0.15) is 0 Å². The van der Waals surface area contributed by atoms with E-state index in [1.54, 1.807) is 23.9 Å². The lowest BCUT2D eigenvalue weighted by atomic mass is 10.0. The zero-order chi connectivity index (χ0) is 23.1. The largest absolute Gasteiger partial charge is 0.437 e. The van der Waals surface area contributed by atoms with E-state index in [0.29, 0.717) is 37.8 Å². The highest BCUT2D eigenvalue weighted by Crippen LogP contribution is 2.40. The van der Waals surface area contributed by atoms with Crippen LogP contribution in [-0.4, -0.2) is 79.0 Å². The number of fused-ring (bicyclic) bond motifs is 3. The van der Waals surface area contributed by atoms with Crippen LogP contribution in [0.3, 0.4) is 0 Å². The highest BCUT2D eigenvalue weighted by atomic mass is 19.1. The van der Waals surface area contributed by atoms with Crippen molar-refractivity contribution in [1.82, 2.24) is 20.1 Å². The lowest BCUT2D eigenvalue weighted by molar-refractivity contribution is 0.0645. The molecular weight excluding hydrogens is 429 g/mol. The van der Waals surface area contributed by atoms with Crippen molar-refractivity contribution in [3.05, 3.63) is 65.0 Å². The molecule has 2 atom stereocenters. The van der Waals surface area contributed by atoms with Crippen molar-refractivity contribution in [2.75, 3.05) is 40.3 Å². The number of halogens is 1. The van der Waals surface area contributed by atoms with Gasteiger partial charge in [-0.3, -0.25) is 10.2 Å². The van der Waals surface area contributed by atoms with E-state index in [1.807, 2.05) is 24.3 Å². The van der Waals surface area contributed by atoms with E-state index in [1.165, 1.54) is 23.1 Å². The van der Waals surface area contributed by atoms with Gasteiger partial charge in [-0.05, 0) is 29.8 Å². The highest BCUT2D eigenvalue weighted by molar-refractivity contribution is 5.98. The van der Waals surface area contributed by atoms with Gasteiger partial charge < -0.3 is 24.2 Å². The average molecular weight is 453 g/mol. The lowest BCUT2D eigenvalue weighted by Crippen LogP contribution is -2.53. The Labute approximate surface area is 190 Å². The van der Waals surface area contributed by atoms with Crippen molar-refractivity contribution in [1.29, 1.82) is 0 Å². The third-order valence-corrected chi connectivity index (χ3v) is 5.89. The van der Waals surface area contributed by atoms with Gasteiger partial charge in [0.25, 0.3) is 5.91 Å². The van der Waals surface area contributed by atoms with Crippen LogP contribution in [0.25, 0.3) is 0 Å². The Morgan fingerprint density at radius 2 is 1.85 bits per heavy atom. The van der Waals surface area contributed by atoms with Crippen molar-refractivity contribution < 1.29 is 23.5 Å². The Bertz CT molecular complexity index is 1130. The van der Waals surface area contributed by atoms with Gasteiger partial charge in [0.1, 0.15) is 17.7 Å². The Hall–Kier alpha value is -3.66. The first-order chi connectivity index (χ1) is 15.9. The van der Waals surface area contributed by atoms with Crippen LogP contribution in [0.1, 0.15) is 27.6 Å². The van der Waals surface area contributed by atoms with Gasteiger partial charge >= 0.3 is 6.03 Å². The highest BCUT2D eigenvalue weighted by Gasteiger charge is 2.44. The Morgan fingerprint density at radius 1 is 1.12 bits per heavy atom. The molecule has 10 heteroatoms. The van der Waals surface area contributed by atoms with Crippen LogP contribution >= 0.6 is 0 Å². The van der Waals surface area contributed by atoms with Gasteiger partial charge in [0, 0.05) is 45.8 Å². The fourth-order valence-electron chi connectivity index (χ4n) is 4.04. The summed E-state index contributed by atoms with van der Waals surface area (Å²) in [6, 6.07) is 11.6. The molecule has 0 bridgehead atoms. The standard InChI is InChI=1S/C23H24FN5O4/c1-27(2)23(31)29-11-9-28(10-12-29)22(30)17-13-14(7-8-18(17)24)32-20-16-6-4-3-5-15(16)19-21(33-19)26-25-20/h3-8,13,19,21,26H,9-12H2,1-2H3. The first-order valence-electron chi connectivity index (χ1n) is 10.7. The molecule has 3 heterocycles. The fourth-order valence-corrected chi connectivity index (χ4v) is 4.04. The summed E-state index contributed by atoms with van der Waals surface area (Å²) < 4.78 is 26.1. The van der Waals surface area contributed by atoms with Gasteiger partial charge in [0.15, 0.2) is 6.23 Å². The zero-order valence-electron chi connectivity index (χ0n) is 18.3. The number of piperazine rings is 1. The second-order valence-corrected chi connectivity index (χ2v) is 8.31. The lowest BCUT2D eigenvalue weighted by Gasteiger charge is -2.36. The summed E-state index contributed by atoms with van der Waals surface area (Å²) in [5.41, 5.74) is 4.56. The van der Waals surface area contributed by atoms with Gasteiger partial charge in [0.05, 0.1) is 5.56 Å². The molecule has 2 aromatic rings. The second-order valence-electron chi connectivity index (χ2n) is 8.31. The number of hydrogen-bond donors (Lipinski definition) is 1. The Morgan fingerprint density at radius 3 is 2.61 bits per heavy atom. The van der Waals surface area contributed by atoms with Gasteiger partial charge in [-0.25, -0.2) is 9.18 Å². The van der Waals surface area contributed by atoms with Gasteiger partial charge in [-0.1, -0.05) is 18.2 Å². The van der Waals surface area contributed by atoms with E-state index in [0.717, 1.165) is 11.1 Å². The van der Waals surface area contributed by atoms with Gasteiger partial charge in [0.2, 0.25) is 5.90 Å². The maximum Gasteiger partial charge on any atom is 0.319 e. The van der Waals surface area contributed by atoms with Gasteiger partial charge in [-0.15, -0.1) is 5.10 Å². The summed E-state index contributed by atoms with van der Waals surface area (Å²) in [4.78, 5) is 29.9. The molecule has 5 rings (SSSR count). The molecule has 2 aromatic carbocycles. The quantitative estimate of drug-likeness (QED) is 0.703. The van der Waals surface area contributed by atoms with Crippen LogP contribution in [0, 0.1) is 5.82 Å². The van der Waals surface area contributed by atoms with Crippen LogP contribution in [0.2, 0.25) is 0 Å². The molecule has 2 fully saturated rings. The van der Waals surface area contributed by atoms with E-state index in [4.69, 9.17) is 9.47 Å². The number of benzene rings is 2. The third-order valence-electron chi connectivity index (χ3n) is 5.89. The normalized spacial score (nSPS) is 21.1.